The van der Waals surface area contributed by atoms with Gasteiger partial charge in [0.2, 0.25) is 0 Å². The second kappa shape index (κ2) is 10.5. The van der Waals surface area contributed by atoms with Gasteiger partial charge in [-0.05, 0) is 13.3 Å². The second-order valence-corrected chi connectivity index (χ2v) is 11.8. The molecule has 2 aliphatic heterocycles. The summed E-state index contributed by atoms with van der Waals surface area (Å²) in [7, 11) is -16.6. The van der Waals surface area contributed by atoms with E-state index in [4.69, 9.17) is 24.0 Å². The van der Waals surface area contributed by atoms with Crippen molar-refractivity contribution >= 4 is 23.5 Å². The minimum absolute atomic E-state index is 0.0374. The minimum atomic E-state index is -5.69. The zero-order chi connectivity index (χ0) is 25.3. The summed E-state index contributed by atoms with van der Waals surface area (Å²) in [6.07, 6.45) is -0.986. The summed E-state index contributed by atoms with van der Waals surface area (Å²) in [6, 6.07) is 0. The van der Waals surface area contributed by atoms with Crippen LogP contribution in [0.5, 0.6) is 0 Å². The van der Waals surface area contributed by atoms with E-state index >= 15 is 0 Å². The summed E-state index contributed by atoms with van der Waals surface area (Å²) in [6.45, 7) is 1.15. The van der Waals surface area contributed by atoms with Gasteiger partial charge in [-0.1, -0.05) is 0 Å². The van der Waals surface area contributed by atoms with Crippen LogP contribution in [0.4, 0.5) is 0 Å². The van der Waals surface area contributed by atoms with E-state index in [1.807, 2.05) is 0 Å². The molecule has 2 fully saturated rings. The molecule has 5 N–H and O–H groups in total. The lowest BCUT2D eigenvalue weighted by atomic mass is 10.2. The van der Waals surface area contributed by atoms with Crippen LogP contribution in [0.25, 0.3) is 0 Å². The molecule has 0 saturated carbocycles. The number of hydrogen-bond donors (Lipinski definition) is 5. The van der Waals surface area contributed by atoms with Gasteiger partial charge in [0.05, 0.1) is 12.7 Å². The third kappa shape index (κ3) is 7.73. The zero-order valence-electron chi connectivity index (χ0n) is 17.5. The van der Waals surface area contributed by atoms with Crippen molar-refractivity contribution in [3.05, 3.63) is 32.6 Å². The van der Waals surface area contributed by atoms with Crippen molar-refractivity contribution in [1.29, 1.82) is 0 Å². The van der Waals surface area contributed by atoms with Crippen LogP contribution < -0.4 is 11.2 Å². The molecule has 3 rings (SSSR count). The van der Waals surface area contributed by atoms with Gasteiger partial charge in [0.25, 0.3) is 5.56 Å². The quantitative estimate of drug-likeness (QED) is 0.240. The van der Waals surface area contributed by atoms with Crippen LogP contribution in [0.15, 0.2) is 15.8 Å². The number of nitrogens with one attached hydrogen (secondary N) is 1. The van der Waals surface area contributed by atoms with Crippen LogP contribution in [-0.4, -0.2) is 60.8 Å². The molecule has 6 atom stereocenters. The fourth-order valence-electron chi connectivity index (χ4n) is 3.29. The van der Waals surface area contributed by atoms with Gasteiger partial charge in [-0.2, -0.15) is 8.62 Å². The Labute approximate surface area is 191 Å². The smallest absolute Gasteiger partial charge is 0.353 e. The Morgan fingerprint density at radius 3 is 2.47 bits per heavy atom. The van der Waals surface area contributed by atoms with Crippen LogP contribution in [0.3, 0.4) is 0 Å². The summed E-state index contributed by atoms with van der Waals surface area (Å²) in [5.74, 6) is 0. The highest BCUT2D eigenvalue weighted by Gasteiger charge is 2.44. The number of phosphoric ester groups is 1. The van der Waals surface area contributed by atoms with E-state index in [-0.39, 0.29) is 12.0 Å². The maximum absolute atomic E-state index is 12.2. The number of phosphoric acid groups is 3. The Morgan fingerprint density at radius 2 is 1.85 bits per heavy atom. The summed E-state index contributed by atoms with van der Waals surface area (Å²) in [4.78, 5) is 62.1. The molecule has 1 aromatic rings. The molecule has 3 heterocycles. The number of rotatable bonds is 10. The van der Waals surface area contributed by atoms with Crippen molar-refractivity contribution in [2.24, 2.45) is 0 Å². The molecular formula is C14H23N2O15P3. The summed E-state index contributed by atoms with van der Waals surface area (Å²) >= 11 is 0. The van der Waals surface area contributed by atoms with E-state index in [1.54, 1.807) is 0 Å². The van der Waals surface area contributed by atoms with Crippen LogP contribution >= 0.6 is 23.5 Å². The molecular weight excluding hydrogens is 529 g/mol. The van der Waals surface area contributed by atoms with Crippen molar-refractivity contribution < 1.29 is 60.6 Å². The molecule has 20 heteroatoms. The lowest BCUT2D eigenvalue weighted by Gasteiger charge is -2.23. The second-order valence-electron chi connectivity index (χ2n) is 7.35. The summed E-state index contributed by atoms with van der Waals surface area (Å²) < 4.78 is 64.2. The third-order valence-electron chi connectivity index (χ3n) is 4.67. The maximum atomic E-state index is 12.2. The van der Waals surface area contributed by atoms with Crippen LogP contribution in [0, 0.1) is 6.92 Å². The van der Waals surface area contributed by atoms with Gasteiger partial charge < -0.3 is 33.8 Å². The molecule has 194 valence electrons. The predicted molar refractivity (Wildman–Crippen MR) is 108 cm³/mol. The molecule has 0 aromatic carbocycles. The lowest BCUT2D eigenvalue weighted by molar-refractivity contribution is -0.161. The Morgan fingerprint density at radius 1 is 1.15 bits per heavy atom. The molecule has 2 saturated heterocycles. The molecule has 17 nitrogen and oxygen atoms in total. The van der Waals surface area contributed by atoms with Gasteiger partial charge in [-0.15, -0.1) is 0 Å². The number of nitrogens with zero attached hydrogens (tertiary/aromatic N) is 1. The molecule has 2 aliphatic rings. The first-order valence-electron chi connectivity index (χ1n) is 9.67. The largest absolute Gasteiger partial charge is 0.490 e. The Hall–Kier alpha value is -1.03. The number of aromatic amines is 1. The fourth-order valence-corrected chi connectivity index (χ4v) is 6.32. The first-order valence-corrected chi connectivity index (χ1v) is 14.2. The van der Waals surface area contributed by atoms with Crippen LogP contribution in [0.2, 0.25) is 0 Å². The minimum Gasteiger partial charge on any atom is -0.353 e. The van der Waals surface area contributed by atoms with E-state index < -0.39 is 66.0 Å². The van der Waals surface area contributed by atoms with Gasteiger partial charge in [0.1, 0.15) is 12.3 Å². The van der Waals surface area contributed by atoms with E-state index in [0.29, 0.717) is 13.0 Å². The first kappa shape index (κ1) is 27.6. The maximum Gasteiger partial charge on any atom is 0.490 e. The van der Waals surface area contributed by atoms with E-state index in [9.17, 15) is 33.1 Å². The molecule has 1 aromatic heterocycles. The van der Waals surface area contributed by atoms with Crippen LogP contribution in [0.1, 0.15) is 31.1 Å². The average Bonchev–Trinajstić information content (AvgIpc) is 3.30. The van der Waals surface area contributed by atoms with Gasteiger partial charge >= 0.3 is 29.2 Å². The third-order valence-corrected chi connectivity index (χ3v) is 8.47. The van der Waals surface area contributed by atoms with E-state index in [0.717, 1.165) is 11.0 Å². The van der Waals surface area contributed by atoms with E-state index in [1.165, 1.54) is 13.1 Å². The molecule has 3 unspecified atom stereocenters. The van der Waals surface area contributed by atoms with Crippen LogP contribution in [-0.2, 0) is 41.1 Å². The van der Waals surface area contributed by atoms with Crippen molar-refractivity contribution in [3.8, 4) is 0 Å². The predicted octanol–water partition coefficient (Wildman–Crippen LogP) is -0.00248. The number of ether oxygens (including phenoxy) is 3. The SMILES string of the molecule is Cc1cn([C@H]2C[C@H](OC3CCCO3)[C@@H](COP(=O)(O)OP(=O)(O)OP(=O)(O)O)O2)c(=O)[nH]c1=O. The fraction of sp³-hybridized carbons (Fsp3) is 0.714. The normalized spacial score (nSPS) is 29.1. The molecule has 34 heavy (non-hydrogen) atoms. The van der Waals surface area contributed by atoms with E-state index in [2.05, 4.69) is 18.1 Å². The molecule has 0 aliphatic carbocycles. The van der Waals surface area contributed by atoms with Crippen molar-refractivity contribution in [2.45, 2.75) is 50.9 Å². The topological polar surface area (TPSA) is 242 Å². The lowest BCUT2D eigenvalue weighted by Crippen LogP contribution is -2.33. The Bertz CT molecular complexity index is 1140. The molecule has 0 radical (unpaired) electrons. The highest BCUT2D eigenvalue weighted by molar-refractivity contribution is 7.66. The highest BCUT2D eigenvalue weighted by Crippen LogP contribution is 2.66. The monoisotopic (exact) mass is 552 g/mol. The van der Waals surface area contributed by atoms with Gasteiger partial charge in [0, 0.05) is 31.2 Å². The Kier molecular flexibility index (Phi) is 8.53. The number of aromatic nitrogens is 2. The van der Waals surface area contributed by atoms with Gasteiger partial charge in [-0.25, -0.2) is 18.5 Å². The molecule has 0 spiro atoms. The number of H-pyrrole nitrogens is 1. The summed E-state index contributed by atoms with van der Waals surface area (Å²) in [5.41, 5.74) is -1.14. The standard InChI is InChI=1S/C14H23N2O15P3/c1-8-6-16(14(18)15-13(8)17)11-5-9(29-12-3-2-4-26-12)10(28-11)7-27-33(22,23)31-34(24,25)30-32(19,20)21/h6,9-12H,2-5,7H2,1H3,(H,22,23)(H,24,25)(H,15,17,18)(H2,19,20,21)/t9-,10+,11+,12?/m0/s1. The zero-order valence-corrected chi connectivity index (χ0v) is 20.2. The highest BCUT2D eigenvalue weighted by atomic mass is 31.3. The number of hydrogen-bond acceptors (Lipinski definition) is 11. The average molecular weight is 552 g/mol. The van der Waals surface area contributed by atoms with Gasteiger partial charge in [-0.3, -0.25) is 18.9 Å². The van der Waals surface area contributed by atoms with Crippen molar-refractivity contribution in [3.63, 3.8) is 0 Å². The summed E-state index contributed by atoms with van der Waals surface area (Å²) in [5, 5.41) is 0. The first-order chi connectivity index (χ1) is 15.6. The molecule has 0 bridgehead atoms. The van der Waals surface area contributed by atoms with Crippen molar-refractivity contribution in [1.82, 2.24) is 9.55 Å². The number of aryl methyl sites for hydroxylation is 1. The molecule has 0 amide bonds. The van der Waals surface area contributed by atoms with Gasteiger partial charge in [0.15, 0.2) is 6.29 Å². The Balaban J connectivity index is 1.73. The van der Waals surface area contributed by atoms with Crippen molar-refractivity contribution in [2.75, 3.05) is 13.2 Å².